The molecule has 13 heavy (non-hydrogen) atoms. The second-order valence-corrected chi connectivity index (χ2v) is 3.26. The summed E-state index contributed by atoms with van der Waals surface area (Å²) in [6, 6.07) is 5.18. The van der Waals surface area contributed by atoms with E-state index in [1.54, 1.807) is 13.0 Å². The summed E-state index contributed by atoms with van der Waals surface area (Å²) in [5, 5.41) is 8.58. The van der Waals surface area contributed by atoms with Gasteiger partial charge in [-0.3, -0.25) is 0 Å². The van der Waals surface area contributed by atoms with Crippen LogP contribution in [0.15, 0.2) is 18.2 Å². The van der Waals surface area contributed by atoms with E-state index in [2.05, 4.69) is 0 Å². The molecule has 2 heteroatoms. The summed E-state index contributed by atoms with van der Waals surface area (Å²) < 4.78 is 12.8. The zero-order chi connectivity index (χ0) is 9.68. The van der Waals surface area contributed by atoms with E-state index in [0.717, 1.165) is 24.8 Å². The third-order valence-electron chi connectivity index (χ3n) is 2.10. The Balaban J connectivity index is 2.53. The smallest absolute Gasteiger partial charge is 0.126 e. The zero-order valence-electron chi connectivity index (χ0n) is 7.89. The summed E-state index contributed by atoms with van der Waals surface area (Å²) in [5.74, 6) is -0.147. The van der Waals surface area contributed by atoms with Crippen LogP contribution in [0, 0.1) is 12.7 Å². The second-order valence-electron chi connectivity index (χ2n) is 3.26. The molecule has 0 aromatic heterocycles. The first-order valence-corrected chi connectivity index (χ1v) is 4.60. The highest BCUT2D eigenvalue weighted by Crippen LogP contribution is 2.11. The number of aliphatic hydroxyl groups excluding tert-OH is 1. The predicted molar refractivity (Wildman–Crippen MR) is 51.2 cm³/mol. The molecule has 0 saturated carbocycles. The normalized spacial score (nSPS) is 10.4. The molecule has 0 heterocycles. The van der Waals surface area contributed by atoms with Gasteiger partial charge in [0.1, 0.15) is 5.82 Å². The molecule has 0 saturated heterocycles. The van der Waals surface area contributed by atoms with Crippen molar-refractivity contribution in [2.75, 3.05) is 6.61 Å². The Morgan fingerprint density at radius 2 is 2.08 bits per heavy atom. The lowest BCUT2D eigenvalue weighted by atomic mass is 10.1. The molecule has 0 aliphatic rings. The van der Waals surface area contributed by atoms with Crippen molar-refractivity contribution in [2.24, 2.45) is 0 Å². The van der Waals surface area contributed by atoms with E-state index in [1.807, 2.05) is 6.07 Å². The van der Waals surface area contributed by atoms with Gasteiger partial charge in [0, 0.05) is 6.61 Å². The van der Waals surface area contributed by atoms with Gasteiger partial charge in [0.2, 0.25) is 0 Å². The SMILES string of the molecule is Cc1cc(CCCCO)ccc1F. The van der Waals surface area contributed by atoms with Crippen LogP contribution in [-0.2, 0) is 6.42 Å². The van der Waals surface area contributed by atoms with Gasteiger partial charge in [-0.2, -0.15) is 0 Å². The minimum Gasteiger partial charge on any atom is -0.396 e. The highest BCUT2D eigenvalue weighted by Gasteiger charge is 1.98. The number of aryl methyl sites for hydroxylation is 2. The molecule has 0 spiro atoms. The van der Waals surface area contributed by atoms with Gasteiger partial charge in [-0.25, -0.2) is 4.39 Å². The molecule has 72 valence electrons. The van der Waals surface area contributed by atoms with Crippen molar-refractivity contribution >= 4 is 0 Å². The number of rotatable bonds is 4. The first-order valence-electron chi connectivity index (χ1n) is 4.60. The molecule has 0 atom stereocenters. The van der Waals surface area contributed by atoms with Gasteiger partial charge in [-0.15, -0.1) is 0 Å². The first-order chi connectivity index (χ1) is 6.24. The molecule has 1 N–H and O–H groups in total. The van der Waals surface area contributed by atoms with Gasteiger partial charge in [-0.1, -0.05) is 12.1 Å². The van der Waals surface area contributed by atoms with Crippen LogP contribution in [0.4, 0.5) is 4.39 Å². The number of halogens is 1. The molecule has 1 nitrogen and oxygen atoms in total. The fourth-order valence-electron chi connectivity index (χ4n) is 1.30. The van der Waals surface area contributed by atoms with Crippen molar-refractivity contribution in [1.82, 2.24) is 0 Å². The lowest BCUT2D eigenvalue weighted by Crippen LogP contribution is -1.91. The number of benzene rings is 1. The first kappa shape index (κ1) is 10.2. The second kappa shape index (κ2) is 4.97. The Labute approximate surface area is 78.2 Å². The molecular weight excluding hydrogens is 167 g/mol. The number of hydrogen-bond donors (Lipinski definition) is 1. The average Bonchev–Trinajstić information content (AvgIpc) is 2.12. The van der Waals surface area contributed by atoms with Crippen molar-refractivity contribution in [3.8, 4) is 0 Å². The van der Waals surface area contributed by atoms with Gasteiger partial charge in [0.25, 0.3) is 0 Å². The molecule has 1 aromatic rings. The Morgan fingerprint density at radius 1 is 1.31 bits per heavy atom. The molecular formula is C11H15FO. The maximum atomic E-state index is 12.8. The molecule has 0 aliphatic carbocycles. The molecule has 0 aliphatic heterocycles. The monoisotopic (exact) mass is 182 g/mol. The van der Waals surface area contributed by atoms with Crippen molar-refractivity contribution in [1.29, 1.82) is 0 Å². The van der Waals surface area contributed by atoms with Crippen LogP contribution in [0.1, 0.15) is 24.0 Å². The molecule has 0 unspecified atom stereocenters. The summed E-state index contributed by atoms with van der Waals surface area (Å²) in [6.07, 6.45) is 2.69. The number of aliphatic hydroxyl groups is 1. The number of unbranched alkanes of at least 4 members (excludes halogenated alkanes) is 1. The molecule has 0 fully saturated rings. The minimum absolute atomic E-state index is 0.147. The molecule has 0 bridgehead atoms. The van der Waals surface area contributed by atoms with E-state index in [0.29, 0.717) is 5.56 Å². The minimum atomic E-state index is -0.147. The maximum Gasteiger partial charge on any atom is 0.126 e. The lowest BCUT2D eigenvalue weighted by molar-refractivity contribution is 0.284. The number of hydrogen-bond acceptors (Lipinski definition) is 1. The van der Waals surface area contributed by atoms with Crippen molar-refractivity contribution in [2.45, 2.75) is 26.2 Å². The zero-order valence-corrected chi connectivity index (χ0v) is 7.89. The van der Waals surface area contributed by atoms with Crippen LogP contribution in [0.3, 0.4) is 0 Å². The van der Waals surface area contributed by atoms with Gasteiger partial charge in [-0.05, 0) is 43.4 Å². The van der Waals surface area contributed by atoms with E-state index >= 15 is 0 Å². The topological polar surface area (TPSA) is 20.2 Å². The largest absolute Gasteiger partial charge is 0.396 e. The standard InChI is InChI=1S/C11H15FO/c1-9-8-10(4-2-3-7-13)5-6-11(9)12/h5-6,8,13H,2-4,7H2,1H3. The maximum absolute atomic E-state index is 12.8. The predicted octanol–water partition coefficient (Wildman–Crippen LogP) is 2.45. The van der Waals surface area contributed by atoms with E-state index in [4.69, 9.17) is 5.11 Å². The van der Waals surface area contributed by atoms with Gasteiger partial charge >= 0.3 is 0 Å². The Kier molecular flexibility index (Phi) is 3.90. The molecule has 1 aromatic carbocycles. The van der Waals surface area contributed by atoms with Crippen molar-refractivity contribution < 1.29 is 9.50 Å². The van der Waals surface area contributed by atoms with Crippen LogP contribution in [0.2, 0.25) is 0 Å². The van der Waals surface area contributed by atoms with Crippen LogP contribution < -0.4 is 0 Å². The van der Waals surface area contributed by atoms with E-state index in [9.17, 15) is 4.39 Å². The fourth-order valence-corrected chi connectivity index (χ4v) is 1.30. The Bertz CT molecular complexity index is 271. The summed E-state index contributed by atoms with van der Waals surface area (Å²) in [7, 11) is 0. The average molecular weight is 182 g/mol. The van der Waals surface area contributed by atoms with E-state index < -0.39 is 0 Å². The van der Waals surface area contributed by atoms with Crippen LogP contribution in [0.5, 0.6) is 0 Å². The molecule has 1 rings (SSSR count). The van der Waals surface area contributed by atoms with Crippen LogP contribution in [0.25, 0.3) is 0 Å². The van der Waals surface area contributed by atoms with Crippen molar-refractivity contribution in [3.05, 3.63) is 35.1 Å². The summed E-state index contributed by atoms with van der Waals surface area (Å²) in [5.41, 5.74) is 1.84. The summed E-state index contributed by atoms with van der Waals surface area (Å²) in [6.45, 7) is 2.01. The van der Waals surface area contributed by atoms with Gasteiger partial charge < -0.3 is 5.11 Å². The molecule has 0 radical (unpaired) electrons. The lowest BCUT2D eigenvalue weighted by Gasteiger charge is -2.02. The van der Waals surface area contributed by atoms with Gasteiger partial charge in [0.15, 0.2) is 0 Å². The van der Waals surface area contributed by atoms with Crippen LogP contribution >= 0.6 is 0 Å². The van der Waals surface area contributed by atoms with E-state index in [-0.39, 0.29) is 12.4 Å². The third kappa shape index (κ3) is 3.15. The Hall–Kier alpha value is -0.890. The quantitative estimate of drug-likeness (QED) is 0.709. The highest BCUT2D eigenvalue weighted by molar-refractivity contribution is 5.23. The fraction of sp³-hybridized carbons (Fsp3) is 0.455. The third-order valence-corrected chi connectivity index (χ3v) is 2.10. The summed E-state index contributed by atoms with van der Waals surface area (Å²) >= 11 is 0. The van der Waals surface area contributed by atoms with Crippen LogP contribution in [-0.4, -0.2) is 11.7 Å². The van der Waals surface area contributed by atoms with Crippen molar-refractivity contribution in [3.63, 3.8) is 0 Å². The van der Waals surface area contributed by atoms with E-state index in [1.165, 1.54) is 6.07 Å². The molecule has 0 amide bonds. The Morgan fingerprint density at radius 3 is 2.69 bits per heavy atom. The summed E-state index contributed by atoms with van der Waals surface area (Å²) in [4.78, 5) is 0. The highest BCUT2D eigenvalue weighted by atomic mass is 19.1. The van der Waals surface area contributed by atoms with Gasteiger partial charge in [0.05, 0.1) is 0 Å².